The van der Waals surface area contributed by atoms with Gasteiger partial charge in [-0.15, -0.1) is 0 Å². The van der Waals surface area contributed by atoms with Crippen molar-refractivity contribution in [3.05, 3.63) is 47.5 Å². The van der Waals surface area contributed by atoms with E-state index >= 15 is 0 Å². The molecule has 8 nitrogen and oxygen atoms in total. The number of ether oxygens (including phenoxy) is 5. The van der Waals surface area contributed by atoms with Crippen LogP contribution in [0.1, 0.15) is 11.1 Å². The minimum absolute atomic E-state index is 0.435. The molecule has 0 radical (unpaired) electrons. The molecule has 160 valence electrons. The molecule has 0 fully saturated rings. The molecule has 0 unspecified atom stereocenters. The number of nitrogens with one attached hydrogen (secondary N) is 1. The summed E-state index contributed by atoms with van der Waals surface area (Å²) in [6.07, 6.45) is 2.73. The second-order valence-electron chi connectivity index (χ2n) is 6.15. The maximum Gasteiger partial charge on any atom is 0.331 e. The van der Waals surface area contributed by atoms with Gasteiger partial charge in [-0.1, -0.05) is 6.07 Å². The Hall–Kier alpha value is -3.68. The summed E-state index contributed by atoms with van der Waals surface area (Å²) < 4.78 is 26.0. The molecule has 0 aliphatic carbocycles. The number of hydrogen-bond donors (Lipinski definition) is 1. The van der Waals surface area contributed by atoms with Gasteiger partial charge in [0, 0.05) is 6.08 Å². The number of hydrogen-bond acceptors (Lipinski definition) is 7. The van der Waals surface area contributed by atoms with E-state index in [1.165, 1.54) is 40.6 Å². The van der Waals surface area contributed by atoms with Crippen LogP contribution in [-0.4, -0.2) is 46.9 Å². The van der Waals surface area contributed by atoms with Crippen molar-refractivity contribution in [1.29, 1.82) is 0 Å². The summed E-state index contributed by atoms with van der Waals surface area (Å²) in [7, 11) is 6.01. The molecule has 2 aromatic rings. The Kier molecular flexibility index (Phi) is 8.10. The summed E-state index contributed by atoms with van der Waals surface area (Å²) in [4.78, 5) is 24.1. The fourth-order valence-electron chi connectivity index (χ4n) is 2.65. The number of anilines is 1. The topological polar surface area (TPSA) is 92.3 Å². The normalized spacial score (nSPS) is 10.4. The van der Waals surface area contributed by atoms with Gasteiger partial charge in [0.25, 0.3) is 5.91 Å². The van der Waals surface area contributed by atoms with E-state index in [0.29, 0.717) is 34.2 Å². The molecule has 0 aliphatic rings. The first-order valence-electron chi connectivity index (χ1n) is 9.01. The van der Waals surface area contributed by atoms with Crippen molar-refractivity contribution in [3.8, 4) is 23.0 Å². The van der Waals surface area contributed by atoms with Crippen molar-refractivity contribution in [3.63, 3.8) is 0 Å². The molecule has 0 spiro atoms. The van der Waals surface area contributed by atoms with Gasteiger partial charge >= 0.3 is 5.97 Å². The van der Waals surface area contributed by atoms with Gasteiger partial charge in [0.15, 0.2) is 18.1 Å². The number of rotatable bonds is 9. The SMILES string of the molecule is COc1ccc(C)cc1NC(=O)COC(=O)C=Cc1cc(OC)c(OC)c(OC)c1. The van der Waals surface area contributed by atoms with Gasteiger partial charge in [-0.3, -0.25) is 4.79 Å². The quantitative estimate of drug-likeness (QED) is 0.497. The van der Waals surface area contributed by atoms with E-state index in [0.717, 1.165) is 5.56 Å². The van der Waals surface area contributed by atoms with Crippen LogP contribution in [0, 0.1) is 6.92 Å². The summed E-state index contributed by atoms with van der Waals surface area (Å²) in [5.41, 5.74) is 2.10. The second-order valence-corrected chi connectivity index (χ2v) is 6.15. The van der Waals surface area contributed by atoms with E-state index in [-0.39, 0.29) is 0 Å². The molecule has 0 saturated heterocycles. The number of benzene rings is 2. The zero-order valence-corrected chi connectivity index (χ0v) is 17.6. The van der Waals surface area contributed by atoms with Crippen molar-refractivity contribution in [2.24, 2.45) is 0 Å². The highest BCUT2D eigenvalue weighted by atomic mass is 16.5. The Balaban J connectivity index is 1.98. The Morgan fingerprint density at radius 2 is 1.53 bits per heavy atom. The summed E-state index contributed by atoms with van der Waals surface area (Å²) in [6.45, 7) is 1.46. The molecule has 0 aromatic heterocycles. The monoisotopic (exact) mass is 415 g/mol. The molecule has 0 aliphatic heterocycles. The van der Waals surface area contributed by atoms with Crippen LogP contribution in [0.15, 0.2) is 36.4 Å². The van der Waals surface area contributed by atoms with Crippen LogP contribution >= 0.6 is 0 Å². The van der Waals surface area contributed by atoms with Crippen LogP contribution in [-0.2, 0) is 14.3 Å². The maximum atomic E-state index is 12.1. The van der Waals surface area contributed by atoms with E-state index in [9.17, 15) is 9.59 Å². The lowest BCUT2D eigenvalue weighted by molar-refractivity contribution is -0.142. The lowest BCUT2D eigenvalue weighted by Gasteiger charge is -2.12. The average molecular weight is 415 g/mol. The molecule has 0 bridgehead atoms. The molecule has 1 N–H and O–H groups in total. The first kappa shape index (κ1) is 22.6. The van der Waals surface area contributed by atoms with Gasteiger partial charge in [-0.2, -0.15) is 0 Å². The number of carbonyl (C=O) groups is 2. The van der Waals surface area contributed by atoms with Crippen molar-refractivity contribution in [1.82, 2.24) is 0 Å². The lowest BCUT2D eigenvalue weighted by Crippen LogP contribution is -2.20. The minimum Gasteiger partial charge on any atom is -0.495 e. The van der Waals surface area contributed by atoms with Crippen molar-refractivity contribution < 1.29 is 33.3 Å². The zero-order chi connectivity index (χ0) is 22.1. The van der Waals surface area contributed by atoms with E-state index < -0.39 is 18.5 Å². The Bertz CT molecular complexity index is 912. The lowest BCUT2D eigenvalue weighted by atomic mass is 10.1. The maximum absolute atomic E-state index is 12.1. The highest BCUT2D eigenvalue weighted by Crippen LogP contribution is 2.38. The first-order chi connectivity index (χ1) is 14.4. The molecule has 2 rings (SSSR count). The fraction of sp³-hybridized carbons (Fsp3) is 0.273. The van der Waals surface area contributed by atoms with Crippen molar-refractivity contribution >= 4 is 23.6 Å². The Morgan fingerprint density at radius 3 is 2.10 bits per heavy atom. The van der Waals surface area contributed by atoms with Crippen LogP contribution in [0.5, 0.6) is 23.0 Å². The highest BCUT2D eigenvalue weighted by Gasteiger charge is 2.13. The van der Waals surface area contributed by atoms with Crippen LogP contribution in [0.25, 0.3) is 6.08 Å². The van der Waals surface area contributed by atoms with Gasteiger partial charge in [0.05, 0.1) is 34.1 Å². The van der Waals surface area contributed by atoms with E-state index in [1.54, 1.807) is 24.3 Å². The van der Waals surface area contributed by atoms with Crippen molar-refractivity contribution in [2.75, 3.05) is 40.4 Å². The molecule has 8 heteroatoms. The molecule has 0 saturated carbocycles. The number of carbonyl (C=O) groups excluding carboxylic acids is 2. The van der Waals surface area contributed by atoms with Crippen LogP contribution in [0.2, 0.25) is 0 Å². The third-order valence-corrected chi connectivity index (χ3v) is 4.07. The zero-order valence-electron chi connectivity index (χ0n) is 17.6. The third-order valence-electron chi connectivity index (χ3n) is 4.07. The van der Waals surface area contributed by atoms with Crippen LogP contribution < -0.4 is 24.3 Å². The van der Waals surface area contributed by atoms with Crippen LogP contribution in [0.4, 0.5) is 5.69 Å². The number of aryl methyl sites for hydroxylation is 1. The summed E-state index contributed by atoms with van der Waals surface area (Å²) in [5, 5.41) is 2.66. The predicted octanol–water partition coefficient (Wildman–Crippen LogP) is 3.22. The standard InChI is InChI=1S/C22H25NO7/c1-14-6-8-17(26-2)16(10-14)23-20(24)13-30-21(25)9-7-15-11-18(27-3)22(29-5)19(12-15)28-4/h6-12H,13H2,1-5H3,(H,23,24). The molecule has 0 heterocycles. The van der Waals surface area contributed by atoms with Gasteiger partial charge < -0.3 is 29.0 Å². The van der Waals surface area contributed by atoms with Gasteiger partial charge in [0.2, 0.25) is 5.75 Å². The smallest absolute Gasteiger partial charge is 0.331 e. The predicted molar refractivity (Wildman–Crippen MR) is 112 cm³/mol. The average Bonchev–Trinajstić information content (AvgIpc) is 2.75. The molecular formula is C22H25NO7. The Labute approximate surface area is 175 Å². The van der Waals surface area contributed by atoms with Gasteiger partial charge in [0.1, 0.15) is 5.75 Å². The summed E-state index contributed by atoms with van der Waals surface area (Å²) in [6, 6.07) is 8.74. The van der Waals surface area contributed by atoms with E-state index in [1.807, 2.05) is 13.0 Å². The third kappa shape index (κ3) is 5.91. The summed E-state index contributed by atoms with van der Waals surface area (Å²) >= 11 is 0. The second kappa shape index (κ2) is 10.8. The number of amides is 1. The molecule has 30 heavy (non-hydrogen) atoms. The van der Waals surface area contributed by atoms with Gasteiger partial charge in [-0.25, -0.2) is 4.79 Å². The molecule has 0 atom stereocenters. The molecule has 2 aromatic carbocycles. The van der Waals surface area contributed by atoms with E-state index in [2.05, 4.69) is 5.32 Å². The largest absolute Gasteiger partial charge is 0.495 e. The fourth-order valence-corrected chi connectivity index (χ4v) is 2.65. The Morgan fingerprint density at radius 1 is 0.900 bits per heavy atom. The van der Waals surface area contributed by atoms with Crippen LogP contribution in [0.3, 0.4) is 0 Å². The molecular weight excluding hydrogens is 390 g/mol. The van der Waals surface area contributed by atoms with Crippen molar-refractivity contribution in [2.45, 2.75) is 6.92 Å². The minimum atomic E-state index is -0.671. The summed E-state index contributed by atoms with van der Waals surface area (Å²) in [5.74, 6) is 0.724. The highest BCUT2D eigenvalue weighted by molar-refractivity contribution is 5.95. The number of methoxy groups -OCH3 is 4. The first-order valence-corrected chi connectivity index (χ1v) is 9.01. The van der Waals surface area contributed by atoms with E-state index in [4.69, 9.17) is 23.7 Å². The molecule has 1 amide bonds. The number of esters is 1. The van der Waals surface area contributed by atoms with Gasteiger partial charge in [-0.05, 0) is 48.4 Å².